The van der Waals surface area contributed by atoms with Crippen LogP contribution in [0, 0.1) is 6.92 Å². The molecule has 3 rings (SSSR count). The van der Waals surface area contributed by atoms with Gasteiger partial charge < -0.3 is 0 Å². The van der Waals surface area contributed by atoms with Crippen molar-refractivity contribution >= 4 is 9.84 Å². The molecule has 1 aliphatic carbocycles. The molecule has 0 radical (unpaired) electrons. The van der Waals surface area contributed by atoms with Crippen molar-refractivity contribution in [2.45, 2.75) is 17.3 Å². The van der Waals surface area contributed by atoms with Gasteiger partial charge in [0.25, 0.3) is 0 Å². The molecule has 5 heteroatoms. The van der Waals surface area contributed by atoms with E-state index in [0.29, 0.717) is 5.56 Å². The Morgan fingerprint density at radius 3 is 2.00 bits per heavy atom. The quantitative estimate of drug-likeness (QED) is 0.754. The van der Waals surface area contributed by atoms with Gasteiger partial charge in [-0.05, 0) is 30.2 Å². The van der Waals surface area contributed by atoms with Crippen molar-refractivity contribution in [3.8, 4) is 0 Å². The highest BCUT2D eigenvalue weighted by atomic mass is 32.2. The van der Waals surface area contributed by atoms with Gasteiger partial charge in [-0.1, -0.05) is 66.2 Å². The van der Waals surface area contributed by atoms with Crippen LogP contribution in [-0.2, 0) is 20.3 Å². The van der Waals surface area contributed by atoms with Crippen LogP contribution in [0.25, 0.3) is 0 Å². The first-order chi connectivity index (χ1) is 11.7. The number of rotatable bonds is 3. The molecule has 0 fully saturated rings. The second-order valence-corrected chi connectivity index (χ2v) is 8.55. The SMILES string of the molecule is Cc1ccc(C2(S(C)(=O)=O)C=CC(F)(c3ccccc3)C(F)=C2)cc1. The van der Waals surface area contributed by atoms with E-state index in [2.05, 4.69) is 0 Å². The number of hydrogen-bond donors (Lipinski definition) is 0. The molecule has 0 N–H and O–H groups in total. The highest BCUT2D eigenvalue weighted by Gasteiger charge is 2.47. The first kappa shape index (κ1) is 17.5. The van der Waals surface area contributed by atoms with Crippen molar-refractivity contribution in [1.82, 2.24) is 0 Å². The van der Waals surface area contributed by atoms with Gasteiger partial charge in [0.2, 0.25) is 5.67 Å². The van der Waals surface area contributed by atoms with Crippen molar-refractivity contribution in [1.29, 1.82) is 0 Å². The van der Waals surface area contributed by atoms with Gasteiger partial charge in [-0.25, -0.2) is 17.2 Å². The Bertz CT molecular complexity index is 947. The number of benzene rings is 2. The maximum atomic E-state index is 15.3. The monoisotopic (exact) mass is 360 g/mol. The third-order valence-electron chi connectivity index (χ3n) is 4.56. The van der Waals surface area contributed by atoms with E-state index in [0.717, 1.165) is 24.0 Å². The van der Waals surface area contributed by atoms with Crippen LogP contribution in [0.4, 0.5) is 8.78 Å². The Kier molecular flexibility index (Phi) is 4.15. The number of hydrogen-bond acceptors (Lipinski definition) is 2. The van der Waals surface area contributed by atoms with Crippen LogP contribution in [0.1, 0.15) is 16.7 Å². The zero-order valence-corrected chi connectivity index (χ0v) is 14.7. The summed E-state index contributed by atoms with van der Waals surface area (Å²) in [5.41, 5.74) is -1.03. The van der Waals surface area contributed by atoms with Crippen LogP contribution in [0.15, 0.2) is 78.7 Å². The van der Waals surface area contributed by atoms with Gasteiger partial charge in [-0.2, -0.15) is 0 Å². The second kappa shape index (κ2) is 5.92. The van der Waals surface area contributed by atoms with Crippen LogP contribution in [0.2, 0.25) is 0 Å². The van der Waals surface area contributed by atoms with E-state index in [1.807, 2.05) is 6.92 Å². The molecule has 0 spiro atoms. The normalized spacial score (nSPS) is 26.3. The molecule has 1 aliphatic rings. The lowest BCUT2D eigenvalue weighted by Gasteiger charge is -2.33. The summed E-state index contributed by atoms with van der Waals surface area (Å²) in [7, 11) is -3.79. The predicted octanol–water partition coefficient (Wildman–Crippen LogP) is 4.52. The summed E-state index contributed by atoms with van der Waals surface area (Å²) < 4.78 is 53.4. The lowest BCUT2D eigenvalue weighted by atomic mass is 9.83. The minimum atomic E-state index is -3.79. The molecule has 0 amide bonds. The minimum absolute atomic E-state index is 0.117. The van der Waals surface area contributed by atoms with Crippen molar-refractivity contribution < 1.29 is 17.2 Å². The summed E-state index contributed by atoms with van der Waals surface area (Å²) in [6.45, 7) is 1.87. The molecule has 2 atom stereocenters. The molecule has 0 saturated heterocycles. The minimum Gasteiger partial charge on any atom is -0.228 e. The van der Waals surface area contributed by atoms with Gasteiger partial charge >= 0.3 is 0 Å². The summed E-state index contributed by atoms with van der Waals surface area (Å²) in [5, 5.41) is 0. The second-order valence-electron chi connectivity index (χ2n) is 6.33. The Morgan fingerprint density at radius 2 is 1.48 bits per heavy atom. The summed E-state index contributed by atoms with van der Waals surface area (Å²) in [5.74, 6) is -1.13. The van der Waals surface area contributed by atoms with Crippen molar-refractivity contribution in [3.05, 3.63) is 95.3 Å². The lowest BCUT2D eigenvalue weighted by molar-refractivity contribution is 0.232. The number of sulfone groups is 1. The van der Waals surface area contributed by atoms with Gasteiger partial charge in [0.05, 0.1) is 0 Å². The molecule has 25 heavy (non-hydrogen) atoms. The maximum absolute atomic E-state index is 15.3. The standard InChI is InChI=1S/C20H18F2O2S/c1-15-8-10-16(11-9-15)19(25(2,23)24)12-13-20(22,18(21)14-19)17-6-4-3-5-7-17/h3-14H,1-2H3. The van der Waals surface area contributed by atoms with E-state index >= 15 is 4.39 Å². The molecular weight excluding hydrogens is 342 g/mol. The van der Waals surface area contributed by atoms with Crippen LogP contribution in [0.5, 0.6) is 0 Å². The first-order valence-corrected chi connectivity index (χ1v) is 9.69. The molecule has 0 aromatic heterocycles. The van der Waals surface area contributed by atoms with E-state index in [1.54, 1.807) is 42.5 Å². The highest BCUT2D eigenvalue weighted by Crippen LogP contribution is 2.46. The van der Waals surface area contributed by atoms with E-state index in [9.17, 15) is 12.8 Å². The topological polar surface area (TPSA) is 34.1 Å². The number of halogens is 2. The van der Waals surface area contributed by atoms with Crippen molar-refractivity contribution in [3.63, 3.8) is 0 Å². The zero-order chi connectivity index (χ0) is 18.3. The van der Waals surface area contributed by atoms with E-state index in [-0.39, 0.29) is 5.56 Å². The fourth-order valence-electron chi connectivity index (χ4n) is 3.01. The summed E-state index contributed by atoms with van der Waals surface area (Å²) >= 11 is 0. The molecule has 2 aromatic rings. The third-order valence-corrected chi connectivity index (χ3v) is 6.28. The lowest BCUT2D eigenvalue weighted by Crippen LogP contribution is -2.36. The molecule has 0 bridgehead atoms. The fraction of sp³-hybridized carbons (Fsp3) is 0.200. The Balaban J connectivity index is 2.19. The molecular formula is C20H18F2O2S. The number of aryl methyl sites for hydroxylation is 1. The summed E-state index contributed by atoms with van der Waals surface area (Å²) in [6.07, 6.45) is 4.14. The van der Waals surface area contributed by atoms with Crippen molar-refractivity contribution in [2.75, 3.05) is 6.26 Å². The number of alkyl halides is 1. The van der Waals surface area contributed by atoms with Gasteiger partial charge in [0, 0.05) is 6.26 Å². The zero-order valence-electron chi connectivity index (χ0n) is 13.9. The van der Waals surface area contributed by atoms with E-state index in [4.69, 9.17) is 0 Å². The van der Waals surface area contributed by atoms with Crippen LogP contribution in [0.3, 0.4) is 0 Å². The fourth-order valence-corrected chi connectivity index (χ4v) is 4.21. The molecule has 130 valence electrons. The highest BCUT2D eigenvalue weighted by molar-refractivity contribution is 7.92. The average Bonchev–Trinajstić information content (AvgIpc) is 2.58. The number of allylic oxidation sites excluding steroid dienone is 2. The Labute approximate surface area is 146 Å². The molecule has 0 aliphatic heterocycles. The summed E-state index contributed by atoms with van der Waals surface area (Å²) in [6, 6.07) is 14.6. The smallest absolute Gasteiger partial charge is 0.205 e. The molecule has 2 aromatic carbocycles. The maximum Gasteiger partial charge on any atom is 0.205 e. The van der Waals surface area contributed by atoms with Crippen LogP contribution in [-0.4, -0.2) is 14.7 Å². The predicted molar refractivity (Wildman–Crippen MR) is 95.3 cm³/mol. The van der Waals surface area contributed by atoms with Gasteiger partial charge in [0.1, 0.15) is 10.6 Å². The molecule has 2 unspecified atom stereocenters. The van der Waals surface area contributed by atoms with E-state index in [1.165, 1.54) is 18.2 Å². The first-order valence-electron chi connectivity index (χ1n) is 7.79. The Morgan fingerprint density at radius 1 is 0.880 bits per heavy atom. The molecule has 0 heterocycles. The van der Waals surface area contributed by atoms with Crippen LogP contribution >= 0.6 is 0 Å². The van der Waals surface area contributed by atoms with Gasteiger partial charge in [-0.3, -0.25) is 0 Å². The summed E-state index contributed by atoms with van der Waals surface area (Å²) in [4.78, 5) is 0. The Hall–Kier alpha value is -2.27. The van der Waals surface area contributed by atoms with Gasteiger partial charge in [-0.15, -0.1) is 0 Å². The molecule has 0 saturated carbocycles. The third kappa shape index (κ3) is 2.82. The van der Waals surface area contributed by atoms with Crippen LogP contribution < -0.4 is 0 Å². The average molecular weight is 360 g/mol. The van der Waals surface area contributed by atoms with Crippen molar-refractivity contribution in [2.24, 2.45) is 0 Å². The molecule has 2 nitrogen and oxygen atoms in total. The van der Waals surface area contributed by atoms with Gasteiger partial charge in [0.15, 0.2) is 9.84 Å². The van der Waals surface area contributed by atoms with E-state index < -0.39 is 26.1 Å². The largest absolute Gasteiger partial charge is 0.228 e.